The summed E-state index contributed by atoms with van der Waals surface area (Å²) in [4.78, 5) is 37.3. The third kappa shape index (κ3) is 6.42. The molecule has 0 aromatic heterocycles. The number of carboxylic acid groups (broad SMARTS) is 1. The normalized spacial score (nSPS) is 41.3. The monoisotopic (exact) mass is 685 g/mol. The topological polar surface area (TPSA) is 136 Å². The van der Waals surface area contributed by atoms with Gasteiger partial charge in [0.15, 0.2) is 0 Å². The predicted octanol–water partition coefficient (Wildman–Crippen LogP) is 7.02. The first-order valence-corrected chi connectivity index (χ1v) is 19.7. The van der Waals surface area contributed by atoms with Gasteiger partial charge in [-0.2, -0.15) is 0 Å². The molecule has 0 bridgehead atoms. The van der Waals surface area contributed by atoms with E-state index in [2.05, 4.69) is 58.8 Å². The Bertz CT molecular complexity index is 1270. The van der Waals surface area contributed by atoms with Gasteiger partial charge in [-0.25, -0.2) is 4.79 Å². The van der Waals surface area contributed by atoms with Crippen molar-refractivity contribution in [1.29, 1.82) is 0 Å². The summed E-state index contributed by atoms with van der Waals surface area (Å²) in [7, 11) is 0. The number of unbranched alkanes of at least 4 members (excludes halogenated alkanes) is 4. The van der Waals surface area contributed by atoms with Crippen molar-refractivity contribution < 1.29 is 29.7 Å². The van der Waals surface area contributed by atoms with Gasteiger partial charge in [0.05, 0.1) is 18.1 Å². The highest BCUT2D eigenvalue weighted by Crippen LogP contribution is 2.77. The second kappa shape index (κ2) is 14.2. The Balaban J connectivity index is 1.21. The minimum atomic E-state index is -1.25. The molecule has 11 atom stereocenters. The molecule has 0 radical (unpaired) electrons. The van der Waals surface area contributed by atoms with Crippen LogP contribution in [0.5, 0.6) is 0 Å². The molecule has 5 rings (SSSR count). The number of carboxylic acids is 1. The van der Waals surface area contributed by atoms with Crippen LogP contribution in [0.1, 0.15) is 144 Å². The molecule has 5 saturated carbocycles. The lowest BCUT2D eigenvalue weighted by Gasteiger charge is -2.72. The number of aliphatic hydroxyl groups is 2. The fourth-order valence-corrected chi connectivity index (χ4v) is 13.3. The van der Waals surface area contributed by atoms with E-state index in [-0.39, 0.29) is 51.4 Å². The highest BCUT2D eigenvalue weighted by atomic mass is 16.4. The molecule has 5 aliphatic rings. The highest BCUT2D eigenvalue weighted by molar-refractivity contribution is 5.84. The van der Waals surface area contributed by atoms with Crippen LogP contribution < -0.4 is 10.6 Å². The molecule has 49 heavy (non-hydrogen) atoms. The van der Waals surface area contributed by atoms with Gasteiger partial charge < -0.3 is 26.0 Å². The fraction of sp³-hybridized carbons (Fsp3) is 0.878. The Labute approximate surface area is 296 Å². The summed E-state index contributed by atoms with van der Waals surface area (Å²) >= 11 is 0. The molecule has 0 aromatic carbocycles. The summed E-state index contributed by atoms with van der Waals surface area (Å²) in [5.74, 6) is 1.13. The summed E-state index contributed by atoms with van der Waals surface area (Å²) in [6.07, 6.45) is 15.4. The largest absolute Gasteiger partial charge is 0.480 e. The van der Waals surface area contributed by atoms with Gasteiger partial charge in [-0.1, -0.05) is 66.0 Å². The van der Waals surface area contributed by atoms with Crippen LogP contribution in [-0.2, 0) is 14.4 Å². The highest BCUT2D eigenvalue weighted by Gasteiger charge is 2.71. The zero-order valence-electron chi connectivity index (χ0n) is 31.5. The van der Waals surface area contributed by atoms with Crippen LogP contribution in [0.2, 0.25) is 0 Å². The Morgan fingerprint density at radius 1 is 0.816 bits per heavy atom. The van der Waals surface area contributed by atoms with E-state index in [1.807, 2.05) is 0 Å². The lowest BCUT2D eigenvalue weighted by Crippen LogP contribution is -2.67. The molecule has 2 amide bonds. The number of aliphatic hydroxyl groups excluding tert-OH is 2. The summed E-state index contributed by atoms with van der Waals surface area (Å²) in [5, 5.41) is 34.9. The first-order valence-electron chi connectivity index (χ1n) is 19.7. The lowest BCUT2D eigenvalue weighted by atomic mass is 9.32. The van der Waals surface area contributed by atoms with Crippen LogP contribution in [0.3, 0.4) is 0 Å². The van der Waals surface area contributed by atoms with Gasteiger partial charge in [-0.05, 0) is 135 Å². The molecule has 0 aromatic rings. The van der Waals surface area contributed by atoms with E-state index >= 15 is 0 Å². The first-order chi connectivity index (χ1) is 23.0. The molecule has 278 valence electrons. The molecule has 0 saturated heterocycles. The van der Waals surface area contributed by atoms with E-state index in [4.69, 9.17) is 10.2 Å². The maximum atomic E-state index is 14.4. The SMILES string of the molecule is C=C(C)[C@@H]1CC[C@]2(C(=O)NCCCCCCCC(=O)N[C@H](CO)C(=O)O)CC[C@]3(C)[C@H](CCC4[C@@]5(C)CC[C@H](O)C(C)(C)[C@@H]5CC[C@]43C)[C@@H]12. The number of hydrogen-bond donors (Lipinski definition) is 5. The van der Waals surface area contributed by atoms with E-state index in [1.54, 1.807) is 0 Å². The molecular formula is C41H68N2O6. The predicted molar refractivity (Wildman–Crippen MR) is 192 cm³/mol. The summed E-state index contributed by atoms with van der Waals surface area (Å²) in [6.45, 7) is 19.2. The van der Waals surface area contributed by atoms with Crippen LogP contribution in [0, 0.1) is 56.7 Å². The fourth-order valence-electron chi connectivity index (χ4n) is 13.3. The number of allylic oxidation sites excluding steroid dienone is 1. The van der Waals surface area contributed by atoms with Gasteiger partial charge in [0.25, 0.3) is 0 Å². The minimum absolute atomic E-state index is 0.0486. The standard InChI is InChI=1S/C41H68N2O6/c1-26(2)27-16-21-41(36(49)42-24-12-10-8-9-11-13-33(46)43-29(25-44)35(47)48)23-22-39(6)28(34(27)41)14-15-31-38(5)19-18-32(45)37(3,4)30(38)17-20-40(31,39)7/h27-32,34,44-45H,1,8-25H2,2-7H3,(H,42,49)(H,43,46)(H,47,48)/t27-,28+,29+,30-,31?,32-,34+,38-,39+,40+,41-/m0/s1. The van der Waals surface area contributed by atoms with Crippen molar-refractivity contribution in [3.63, 3.8) is 0 Å². The van der Waals surface area contributed by atoms with Crippen LogP contribution in [0.4, 0.5) is 0 Å². The maximum Gasteiger partial charge on any atom is 0.328 e. The van der Waals surface area contributed by atoms with Crippen molar-refractivity contribution in [2.45, 2.75) is 156 Å². The zero-order chi connectivity index (χ0) is 36.0. The summed E-state index contributed by atoms with van der Waals surface area (Å²) in [6, 6.07) is -1.25. The lowest BCUT2D eigenvalue weighted by molar-refractivity contribution is -0.246. The third-order valence-corrected chi connectivity index (χ3v) is 16.2. The van der Waals surface area contributed by atoms with Crippen LogP contribution in [-0.4, -0.2) is 58.4 Å². The average molecular weight is 685 g/mol. The quantitative estimate of drug-likeness (QED) is 0.105. The summed E-state index contributed by atoms with van der Waals surface area (Å²) < 4.78 is 0. The van der Waals surface area contributed by atoms with E-state index in [1.165, 1.54) is 31.3 Å². The molecule has 0 spiro atoms. The van der Waals surface area contributed by atoms with Crippen LogP contribution >= 0.6 is 0 Å². The van der Waals surface area contributed by atoms with Gasteiger partial charge in [-0.3, -0.25) is 9.59 Å². The Morgan fingerprint density at radius 2 is 1.51 bits per heavy atom. The number of amides is 2. The number of aliphatic carboxylic acids is 1. The van der Waals surface area contributed by atoms with Crippen molar-refractivity contribution in [3.05, 3.63) is 12.2 Å². The van der Waals surface area contributed by atoms with E-state index < -0.39 is 18.6 Å². The first kappa shape index (κ1) is 38.3. The smallest absolute Gasteiger partial charge is 0.328 e. The van der Waals surface area contributed by atoms with E-state index in [0.717, 1.165) is 64.2 Å². The average Bonchev–Trinajstić information content (AvgIpc) is 3.44. The van der Waals surface area contributed by atoms with Crippen LogP contribution in [0.25, 0.3) is 0 Å². The maximum absolute atomic E-state index is 14.4. The molecule has 5 N–H and O–H groups in total. The van der Waals surface area contributed by atoms with E-state index in [9.17, 15) is 19.5 Å². The van der Waals surface area contributed by atoms with Crippen LogP contribution in [0.15, 0.2) is 12.2 Å². The number of carbonyl (C=O) groups is 3. The number of rotatable bonds is 13. The van der Waals surface area contributed by atoms with Crippen molar-refractivity contribution in [3.8, 4) is 0 Å². The second-order valence-corrected chi connectivity index (χ2v) is 18.6. The van der Waals surface area contributed by atoms with Gasteiger partial charge >= 0.3 is 5.97 Å². The molecule has 8 nitrogen and oxygen atoms in total. The van der Waals surface area contributed by atoms with Gasteiger partial charge in [0.1, 0.15) is 6.04 Å². The van der Waals surface area contributed by atoms with Gasteiger partial charge in [-0.15, -0.1) is 0 Å². The molecule has 5 fully saturated rings. The molecule has 0 heterocycles. The second-order valence-electron chi connectivity index (χ2n) is 18.6. The third-order valence-electron chi connectivity index (χ3n) is 16.2. The Kier molecular flexibility index (Phi) is 11.1. The van der Waals surface area contributed by atoms with Crippen molar-refractivity contribution in [1.82, 2.24) is 10.6 Å². The van der Waals surface area contributed by atoms with E-state index in [0.29, 0.717) is 42.6 Å². The Morgan fingerprint density at radius 3 is 2.18 bits per heavy atom. The number of hydrogen-bond acceptors (Lipinski definition) is 5. The zero-order valence-corrected chi connectivity index (χ0v) is 31.5. The summed E-state index contributed by atoms with van der Waals surface area (Å²) in [5.41, 5.74) is 1.53. The number of nitrogens with one attached hydrogen (secondary N) is 2. The molecule has 1 unspecified atom stereocenters. The molecule has 5 aliphatic carbocycles. The van der Waals surface area contributed by atoms with Crippen molar-refractivity contribution in [2.24, 2.45) is 56.7 Å². The Hall–Kier alpha value is -1.93. The molecule has 8 heteroatoms. The number of fused-ring (bicyclic) bond motifs is 7. The minimum Gasteiger partial charge on any atom is -0.480 e. The number of carbonyl (C=O) groups excluding carboxylic acids is 2. The van der Waals surface area contributed by atoms with Crippen molar-refractivity contribution >= 4 is 17.8 Å². The molecular weight excluding hydrogens is 616 g/mol. The van der Waals surface area contributed by atoms with Crippen molar-refractivity contribution in [2.75, 3.05) is 13.2 Å². The molecule has 0 aliphatic heterocycles. The van der Waals surface area contributed by atoms with Gasteiger partial charge in [0.2, 0.25) is 11.8 Å². The van der Waals surface area contributed by atoms with Gasteiger partial charge in [0, 0.05) is 13.0 Å².